The summed E-state index contributed by atoms with van der Waals surface area (Å²) in [5, 5.41) is 6.56. The summed E-state index contributed by atoms with van der Waals surface area (Å²) in [4.78, 5) is 6.88. The smallest absolute Gasteiger partial charge is 0.113 e. The molecule has 0 unspecified atom stereocenters. The average Bonchev–Trinajstić information content (AvgIpc) is 3.07. The van der Waals surface area contributed by atoms with Crippen molar-refractivity contribution in [1.29, 1.82) is 0 Å². The van der Waals surface area contributed by atoms with Crippen LogP contribution in [0.4, 0.5) is 0 Å². The number of hydrogen-bond donors (Lipinski definition) is 0. The zero-order valence-corrected chi connectivity index (χ0v) is 14.7. The van der Waals surface area contributed by atoms with E-state index in [0.717, 1.165) is 42.6 Å². The highest BCUT2D eigenvalue weighted by atomic mass is 15.2. The molecule has 25 heavy (non-hydrogen) atoms. The Hall–Kier alpha value is -2.64. The Bertz CT molecular complexity index is 953. The van der Waals surface area contributed by atoms with E-state index in [4.69, 9.17) is 0 Å². The first-order chi connectivity index (χ1) is 12.2. The Labute approximate surface area is 148 Å². The second-order valence-corrected chi connectivity index (χ2v) is 6.88. The lowest BCUT2D eigenvalue weighted by Gasteiger charge is -2.25. The quantitative estimate of drug-likeness (QED) is 0.642. The fourth-order valence-electron chi connectivity index (χ4n) is 3.29. The van der Waals surface area contributed by atoms with Gasteiger partial charge in [-0.15, -0.1) is 0 Å². The molecule has 0 amide bonds. The van der Waals surface area contributed by atoms with Gasteiger partial charge in [0.25, 0.3) is 0 Å². The minimum Gasteiger partial charge on any atom is -0.306 e. The number of rotatable bonds is 1. The SMILES string of the molecule is CN1CCC(C#Cc2cc3cc(-c4cnn(C)c4)ccc3cn2)CC1. The van der Waals surface area contributed by atoms with Crippen LogP contribution in [-0.2, 0) is 7.05 Å². The maximum absolute atomic E-state index is 4.51. The zero-order valence-electron chi connectivity index (χ0n) is 14.7. The molecule has 1 fully saturated rings. The van der Waals surface area contributed by atoms with E-state index in [0.29, 0.717) is 5.92 Å². The standard InChI is InChI=1S/C21H22N4/c1-24-9-7-16(8-10-24)3-6-21-12-19-11-17(4-5-18(19)13-22-21)20-14-23-25(2)15-20/h4-5,11-16H,7-10H2,1-2H3. The maximum atomic E-state index is 4.51. The van der Waals surface area contributed by atoms with Crippen molar-refractivity contribution >= 4 is 10.8 Å². The predicted molar refractivity (Wildman–Crippen MR) is 101 cm³/mol. The molecule has 0 bridgehead atoms. The van der Waals surface area contributed by atoms with Gasteiger partial charge in [-0.3, -0.25) is 4.68 Å². The van der Waals surface area contributed by atoms with Gasteiger partial charge in [0.1, 0.15) is 5.69 Å². The third-order valence-electron chi connectivity index (χ3n) is 4.88. The van der Waals surface area contributed by atoms with Crippen LogP contribution in [0.5, 0.6) is 0 Å². The minimum absolute atomic E-state index is 0.496. The van der Waals surface area contributed by atoms with Crippen molar-refractivity contribution in [3.8, 4) is 23.0 Å². The number of pyridine rings is 1. The summed E-state index contributed by atoms with van der Waals surface area (Å²) in [6, 6.07) is 8.51. The summed E-state index contributed by atoms with van der Waals surface area (Å²) < 4.78 is 1.82. The molecule has 1 aromatic carbocycles. The van der Waals surface area contributed by atoms with Gasteiger partial charge in [-0.1, -0.05) is 18.1 Å². The number of piperidine rings is 1. The Morgan fingerprint density at radius 1 is 1.00 bits per heavy atom. The molecule has 0 aliphatic carbocycles. The van der Waals surface area contributed by atoms with Crippen LogP contribution in [-0.4, -0.2) is 39.8 Å². The van der Waals surface area contributed by atoms with Gasteiger partial charge in [0.2, 0.25) is 0 Å². The maximum Gasteiger partial charge on any atom is 0.113 e. The van der Waals surface area contributed by atoms with Gasteiger partial charge in [-0.05, 0) is 62.0 Å². The first-order valence-corrected chi connectivity index (χ1v) is 8.76. The zero-order chi connectivity index (χ0) is 17.2. The van der Waals surface area contributed by atoms with E-state index in [2.05, 4.69) is 58.1 Å². The lowest BCUT2D eigenvalue weighted by atomic mass is 9.97. The van der Waals surface area contributed by atoms with E-state index in [-0.39, 0.29) is 0 Å². The van der Waals surface area contributed by atoms with Crippen molar-refractivity contribution < 1.29 is 0 Å². The van der Waals surface area contributed by atoms with E-state index in [1.165, 1.54) is 10.9 Å². The van der Waals surface area contributed by atoms with Crippen LogP contribution in [0.2, 0.25) is 0 Å². The molecule has 3 aromatic rings. The van der Waals surface area contributed by atoms with Crippen LogP contribution < -0.4 is 0 Å². The lowest BCUT2D eigenvalue weighted by Crippen LogP contribution is -2.29. The van der Waals surface area contributed by atoms with Crippen LogP contribution >= 0.6 is 0 Å². The first kappa shape index (κ1) is 15.9. The van der Waals surface area contributed by atoms with Crippen LogP contribution in [0, 0.1) is 17.8 Å². The van der Waals surface area contributed by atoms with E-state index in [1.807, 2.05) is 30.3 Å². The molecular weight excluding hydrogens is 308 g/mol. The second kappa shape index (κ2) is 6.70. The molecule has 3 heterocycles. The third kappa shape index (κ3) is 3.57. The lowest BCUT2D eigenvalue weighted by molar-refractivity contribution is 0.248. The third-order valence-corrected chi connectivity index (χ3v) is 4.88. The fourth-order valence-corrected chi connectivity index (χ4v) is 3.29. The van der Waals surface area contributed by atoms with Crippen molar-refractivity contribution in [1.82, 2.24) is 19.7 Å². The molecule has 0 radical (unpaired) electrons. The summed E-state index contributed by atoms with van der Waals surface area (Å²) in [6.45, 7) is 2.28. The predicted octanol–water partition coefficient (Wildman–Crippen LogP) is 3.33. The van der Waals surface area contributed by atoms with E-state index in [9.17, 15) is 0 Å². The molecule has 1 aliphatic rings. The van der Waals surface area contributed by atoms with Crippen LogP contribution in [0.25, 0.3) is 21.9 Å². The summed E-state index contributed by atoms with van der Waals surface area (Å²) >= 11 is 0. The highest BCUT2D eigenvalue weighted by Gasteiger charge is 2.14. The van der Waals surface area contributed by atoms with Gasteiger partial charge in [-0.25, -0.2) is 4.98 Å². The van der Waals surface area contributed by atoms with Crippen LogP contribution in [0.1, 0.15) is 18.5 Å². The molecule has 4 nitrogen and oxygen atoms in total. The van der Waals surface area contributed by atoms with E-state index in [1.54, 1.807) is 0 Å². The minimum atomic E-state index is 0.496. The number of nitrogens with zero attached hydrogens (tertiary/aromatic N) is 4. The van der Waals surface area contributed by atoms with Gasteiger partial charge in [0.15, 0.2) is 0 Å². The first-order valence-electron chi connectivity index (χ1n) is 8.76. The summed E-state index contributed by atoms with van der Waals surface area (Å²) in [6.07, 6.45) is 8.15. The van der Waals surface area contributed by atoms with Crippen LogP contribution in [0.15, 0.2) is 42.9 Å². The fraction of sp³-hybridized carbons (Fsp3) is 0.333. The number of likely N-dealkylation sites (tertiary alicyclic amines) is 1. The van der Waals surface area contributed by atoms with Crippen molar-refractivity contribution in [2.24, 2.45) is 13.0 Å². The van der Waals surface area contributed by atoms with Crippen molar-refractivity contribution in [2.45, 2.75) is 12.8 Å². The number of fused-ring (bicyclic) bond motifs is 1. The van der Waals surface area contributed by atoms with Crippen LogP contribution in [0.3, 0.4) is 0 Å². The molecular formula is C21H22N4. The number of aromatic nitrogens is 3. The van der Waals surface area contributed by atoms with Gasteiger partial charge in [-0.2, -0.15) is 5.10 Å². The summed E-state index contributed by atoms with van der Waals surface area (Å²) in [7, 11) is 4.11. The normalized spacial score (nSPS) is 15.9. The molecule has 1 aliphatic heterocycles. The molecule has 0 atom stereocenters. The number of hydrogen-bond acceptors (Lipinski definition) is 3. The van der Waals surface area contributed by atoms with Gasteiger partial charge in [0.05, 0.1) is 6.20 Å². The Morgan fingerprint density at radius 2 is 1.84 bits per heavy atom. The molecule has 126 valence electrons. The van der Waals surface area contributed by atoms with E-state index < -0.39 is 0 Å². The summed E-state index contributed by atoms with van der Waals surface area (Å²) in [5.41, 5.74) is 3.15. The van der Waals surface area contributed by atoms with Gasteiger partial charge < -0.3 is 4.90 Å². The molecule has 4 heteroatoms. The highest BCUT2D eigenvalue weighted by molar-refractivity contribution is 5.87. The van der Waals surface area contributed by atoms with Crippen molar-refractivity contribution in [3.63, 3.8) is 0 Å². The highest BCUT2D eigenvalue weighted by Crippen LogP contribution is 2.24. The molecule has 0 saturated carbocycles. The van der Waals surface area contributed by atoms with Crippen molar-refractivity contribution in [2.75, 3.05) is 20.1 Å². The number of benzene rings is 1. The molecule has 4 rings (SSSR count). The Balaban J connectivity index is 1.61. The average molecular weight is 330 g/mol. The monoisotopic (exact) mass is 330 g/mol. The molecule has 2 aromatic heterocycles. The van der Waals surface area contributed by atoms with Gasteiger partial charge >= 0.3 is 0 Å². The largest absolute Gasteiger partial charge is 0.306 e. The Morgan fingerprint density at radius 3 is 2.60 bits per heavy atom. The summed E-state index contributed by atoms with van der Waals surface area (Å²) in [5.74, 6) is 7.20. The van der Waals surface area contributed by atoms with Crippen molar-refractivity contribution in [3.05, 3.63) is 48.5 Å². The van der Waals surface area contributed by atoms with E-state index >= 15 is 0 Å². The second-order valence-electron chi connectivity index (χ2n) is 6.88. The molecule has 1 saturated heterocycles. The van der Waals surface area contributed by atoms with Gasteiger partial charge in [0, 0.05) is 36.3 Å². The molecule has 0 N–H and O–H groups in total. The molecule has 0 spiro atoms. The topological polar surface area (TPSA) is 34.0 Å². The Kier molecular flexibility index (Phi) is 4.25. The number of aryl methyl sites for hydroxylation is 1.